The Morgan fingerprint density at radius 2 is 0.789 bits per heavy atom. The topological polar surface area (TPSA) is 3.88 Å². The van der Waals surface area contributed by atoms with Crippen molar-refractivity contribution in [3.05, 3.63) is 66.0 Å². The van der Waals surface area contributed by atoms with Gasteiger partial charge in [-0.25, -0.2) is 4.57 Å². The van der Waals surface area contributed by atoms with Gasteiger partial charge >= 0.3 is 0 Å². The molecule has 0 amide bonds. The Morgan fingerprint density at radius 1 is 0.421 bits per heavy atom. The summed E-state index contributed by atoms with van der Waals surface area (Å²) in [4.78, 5) is 0. The van der Waals surface area contributed by atoms with Gasteiger partial charge in [0, 0.05) is 18.6 Å². The van der Waals surface area contributed by atoms with Crippen LogP contribution in [-0.2, 0) is 19.4 Å². The normalized spacial score (nSPS) is 11.0. The van der Waals surface area contributed by atoms with Crippen LogP contribution in [0.5, 0.6) is 0 Å². The molecule has 1 heterocycles. The smallest absolute Gasteiger partial charge is 0.169 e. The lowest BCUT2D eigenvalue weighted by molar-refractivity contribution is -0.697. The van der Waals surface area contributed by atoms with E-state index < -0.39 is 0 Å². The average Bonchev–Trinajstić information content (AvgIpc) is 2.93. The highest BCUT2D eigenvalue weighted by Crippen LogP contribution is 2.15. The quantitative estimate of drug-likeness (QED) is 0.0885. The Kier molecular flexibility index (Phi) is 23.7. The second kappa shape index (κ2) is 25.9. The van der Waals surface area contributed by atoms with E-state index in [0.29, 0.717) is 0 Å². The monoisotopic (exact) mass is 541 g/mol. The summed E-state index contributed by atoms with van der Waals surface area (Å²) < 4.78 is 2.37. The van der Waals surface area contributed by atoms with Gasteiger partial charge in [0.05, 0.1) is 0 Å². The fraction of sp³-hybridized carbons (Fsp3) is 0.694. The van der Waals surface area contributed by atoms with Crippen LogP contribution in [0, 0.1) is 0 Å². The van der Waals surface area contributed by atoms with Crippen LogP contribution >= 0.6 is 0 Å². The minimum absolute atomic E-state index is 0. The van der Waals surface area contributed by atoms with E-state index in [4.69, 9.17) is 0 Å². The number of benzene rings is 1. The van der Waals surface area contributed by atoms with E-state index in [0.717, 1.165) is 6.54 Å². The zero-order valence-electron chi connectivity index (χ0n) is 25.0. The first-order valence-corrected chi connectivity index (χ1v) is 16.4. The predicted molar refractivity (Wildman–Crippen MR) is 163 cm³/mol. The highest BCUT2D eigenvalue weighted by Gasteiger charge is 2.02. The van der Waals surface area contributed by atoms with E-state index in [-0.39, 0.29) is 12.4 Å². The molecule has 0 spiro atoms. The van der Waals surface area contributed by atoms with Crippen LogP contribution in [-0.4, -0.2) is 0 Å². The maximum atomic E-state index is 2.37. The summed E-state index contributed by atoms with van der Waals surface area (Å²) in [5, 5.41) is 0. The van der Waals surface area contributed by atoms with Gasteiger partial charge in [0.2, 0.25) is 0 Å². The molecule has 0 aliphatic carbocycles. The third-order valence-corrected chi connectivity index (χ3v) is 8.00. The van der Waals surface area contributed by atoms with Crippen LogP contribution in [0.15, 0.2) is 54.9 Å². The summed E-state index contributed by atoms with van der Waals surface area (Å²) >= 11 is 0. The molecule has 0 fully saturated rings. The van der Waals surface area contributed by atoms with E-state index in [1.165, 1.54) is 159 Å². The maximum absolute atomic E-state index is 2.37. The van der Waals surface area contributed by atoms with Gasteiger partial charge in [-0.2, -0.15) is 0 Å². The lowest BCUT2D eigenvalue weighted by Gasteiger charge is -2.04. The summed E-state index contributed by atoms with van der Waals surface area (Å²) in [7, 11) is 0. The molecule has 2 rings (SSSR count). The molecule has 0 saturated heterocycles. The Labute approximate surface area is 243 Å². The number of nitrogens with zero attached hydrogens (tertiary/aromatic N) is 1. The molecule has 0 radical (unpaired) electrons. The van der Waals surface area contributed by atoms with Crippen molar-refractivity contribution in [2.75, 3.05) is 0 Å². The standard InChI is InChI=1S/C36H60N.ClH/c1-2-3-4-5-6-7-8-9-10-11-12-13-14-15-16-17-21-29-36-30-33-37(34-31-36)32-25-19-18-22-26-35-27-23-20-24-28-35;/h20,23-24,27-28,30-31,33-34H,2-19,21-22,25-26,29,32H2,1H3;1H/q+1;/p-1. The maximum Gasteiger partial charge on any atom is 0.169 e. The number of pyridine rings is 1. The van der Waals surface area contributed by atoms with E-state index in [9.17, 15) is 0 Å². The molecule has 1 aromatic carbocycles. The highest BCUT2D eigenvalue weighted by molar-refractivity contribution is 5.14. The number of rotatable bonds is 25. The molecular formula is C36H60ClN. The largest absolute Gasteiger partial charge is 1.00 e. The van der Waals surface area contributed by atoms with Gasteiger partial charge in [-0.3, -0.25) is 0 Å². The minimum Gasteiger partial charge on any atom is -1.00 e. The van der Waals surface area contributed by atoms with E-state index >= 15 is 0 Å². The van der Waals surface area contributed by atoms with Gasteiger partial charge in [-0.1, -0.05) is 146 Å². The van der Waals surface area contributed by atoms with Crippen molar-refractivity contribution in [3.8, 4) is 0 Å². The van der Waals surface area contributed by atoms with Gasteiger partial charge in [0.15, 0.2) is 12.4 Å². The van der Waals surface area contributed by atoms with Gasteiger partial charge < -0.3 is 12.4 Å². The van der Waals surface area contributed by atoms with Crippen LogP contribution in [0.4, 0.5) is 0 Å². The van der Waals surface area contributed by atoms with Crippen LogP contribution < -0.4 is 17.0 Å². The summed E-state index contributed by atoms with van der Waals surface area (Å²) in [5.41, 5.74) is 2.99. The second-order valence-corrected chi connectivity index (χ2v) is 11.5. The zero-order valence-corrected chi connectivity index (χ0v) is 25.7. The molecule has 0 aliphatic heterocycles. The number of halogens is 1. The van der Waals surface area contributed by atoms with Crippen LogP contribution in [0.3, 0.4) is 0 Å². The van der Waals surface area contributed by atoms with Crippen LogP contribution in [0.2, 0.25) is 0 Å². The minimum atomic E-state index is 0. The molecule has 0 unspecified atom stereocenters. The molecule has 0 bridgehead atoms. The van der Waals surface area contributed by atoms with Crippen molar-refractivity contribution in [1.82, 2.24) is 0 Å². The van der Waals surface area contributed by atoms with Gasteiger partial charge in [0.25, 0.3) is 0 Å². The molecule has 0 aliphatic rings. The van der Waals surface area contributed by atoms with Gasteiger partial charge in [-0.05, 0) is 43.2 Å². The molecule has 216 valence electrons. The first kappa shape index (κ1) is 34.7. The first-order chi connectivity index (χ1) is 18.4. The van der Waals surface area contributed by atoms with Crippen LogP contribution in [0.25, 0.3) is 0 Å². The number of unbranched alkanes of at least 4 members (excludes halogenated alkanes) is 19. The molecule has 2 heteroatoms. The van der Waals surface area contributed by atoms with Crippen LogP contribution in [0.1, 0.15) is 153 Å². The number of hydrogen-bond acceptors (Lipinski definition) is 0. The van der Waals surface area contributed by atoms with Crippen molar-refractivity contribution in [3.63, 3.8) is 0 Å². The number of aryl methyl sites for hydroxylation is 3. The summed E-state index contributed by atoms with van der Waals surface area (Å²) in [6.45, 7) is 3.46. The molecule has 0 N–H and O–H groups in total. The summed E-state index contributed by atoms with van der Waals surface area (Å²) in [5.74, 6) is 0. The highest BCUT2D eigenvalue weighted by atomic mass is 35.5. The fourth-order valence-corrected chi connectivity index (χ4v) is 5.48. The number of aromatic nitrogens is 1. The molecular weight excluding hydrogens is 482 g/mol. The second-order valence-electron chi connectivity index (χ2n) is 11.5. The van der Waals surface area contributed by atoms with E-state index in [1.807, 2.05) is 0 Å². The Morgan fingerprint density at radius 3 is 1.24 bits per heavy atom. The average molecular weight is 542 g/mol. The van der Waals surface area contributed by atoms with Crippen molar-refractivity contribution in [1.29, 1.82) is 0 Å². The number of hydrogen-bond donors (Lipinski definition) is 0. The predicted octanol–water partition coefficient (Wildman–Crippen LogP) is 7.98. The third kappa shape index (κ3) is 19.7. The molecule has 2 aromatic rings. The SMILES string of the molecule is CCCCCCCCCCCCCCCCCCCc1cc[n+](CCCCCCc2ccccc2)cc1.[Cl-]. The Hall–Kier alpha value is -1.34. The molecule has 0 atom stereocenters. The third-order valence-electron chi connectivity index (χ3n) is 8.00. The van der Waals surface area contributed by atoms with Gasteiger partial charge in [-0.15, -0.1) is 0 Å². The molecule has 38 heavy (non-hydrogen) atoms. The molecule has 1 nitrogen and oxygen atoms in total. The first-order valence-electron chi connectivity index (χ1n) is 16.4. The van der Waals surface area contributed by atoms with E-state index in [2.05, 4.69) is 66.3 Å². The fourth-order valence-electron chi connectivity index (χ4n) is 5.48. The van der Waals surface area contributed by atoms with Crippen molar-refractivity contribution >= 4 is 0 Å². The van der Waals surface area contributed by atoms with Crippen molar-refractivity contribution < 1.29 is 17.0 Å². The Balaban J connectivity index is 0.00000722. The molecule has 0 saturated carbocycles. The summed E-state index contributed by atoms with van der Waals surface area (Å²) in [6.07, 6.45) is 36.9. The van der Waals surface area contributed by atoms with Crippen molar-refractivity contribution in [2.45, 2.75) is 161 Å². The lowest BCUT2D eigenvalue weighted by atomic mass is 10.0. The lowest BCUT2D eigenvalue weighted by Crippen LogP contribution is -3.00. The van der Waals surface area contributed by atoms with E-state index in [1.54, 1.807) is 0 Å². The summed E-state index contributed by atoms with van der Waals surface area (Å²) in [6, 6.07) is 15.6. The van der Waals surface area contributed by atoms with Crippen molar-refractivity contribution in [2.24, 2.45) is 0 Å². The Bertz CT molecular complexity index is 727. The van der Waals surface area contributed by atoms with Gasteiger partial charge in [0.1, 0.15) is 6.54 Å². The molecule has 1 aromatic heterocycles. The zero-order chi connectivity index (χ0) is 26.1.